The standard InChI is InChI=1S/C19H21NO4S/c1-25(22,23)18-12-6-14(7-13-18)19(21)20-15-8-10-17(11-9-15)24-16-4-2-3-5-16/h6-13,16H,2-5H2,1H3,(H,20,21). The summed E-state index contributed by atoms with van der Waals surface area (Å²) in [5.41, 5.74) is 1.06. The third-order valence-corrected chi connectivity index (χ3v) is 5.39. The molecule has 0 heterocycles. The van der Waals surface area contributed by atoms with E-state index in [2.05, 4.69) is 5.32 Å². The van der Waals surface area contributed by atoms with Crippen molar-refractivity contribution in [1.29, 1.82) is 0 Å². The van der Waals surface area contributed by atoms with Gasteiger partial charge in [0.05, 0.1) is 11.0 Å². The Morgan fingerprint density at radius 1 is 1.00 bits per heavy atom. The van der Waals surface area contributed by atoms with E-state index in [1.54, 1.807) is 12.1 Å². The van der Waals surface area contributed by atoms with Crippen molar-refractivity contribution in [3.05, 3.63) is 54.1 Å². The van der Waals surface area contributed by atoms with Crippen LogP contribution >= 0.6 is 0 Å². The van der Waals surface area contributed by atoms with Gasteiger partial charge in [-0.2, -0.15) is 0 Å². The fraction of sp³-hybridized carbons (Fsp3) is 0.316. The average molecular weight is 359 g/mol. The Kier molecular flexibility index (Phi) is 5.08. The van der Waals surface area contributed by atoms with Crippen LogP contribution in [0.3, 0.4) is 0 Å². The number of carbonyl (C=O) groups excluding carboxylic acids is 1. The summed E-state index contributed by atoms with van der Waals surface area (Å²) in [6, 6.07) is 13.2. The number of amides is 1. The largest absolute Gasteiger partial charge is 0.490 e. The van der Waals surface area contributed by atoms with E-state index in [-0.39, 0.29) is 10.8 Å². The van der Waals surface area contributed by atoms with Crippen molar-refractivity contribution in [1.82, 2.24) is 0 Å². The van der Waals surface area contributed by atoms with Crippen molar-refractivity contribution in [2.24, 2.45) is 0 Å². The summed E-state index contributed by atoms with van der Waals surface area (Å²) in [7, 11) is -3.26. The molecule has 0 bridgehead atoms. The van der Waals surface area contributed by atoms with E-state index in [1.807, 2.05) is 12.1 Å². The summed E-state index contributed by atoms with van der Waals surface area (Å²) in [6.07, 6.45) is 6.07. The first-order chi connectivity index (χ1) is 11.9. The summed E-state index contributed by atoms with van der Waals surface area (Å²) in [6.45, 7) is 0. The fourth-order valence-corrected chi connectivity index (χ4v) is 3.50. The van der Waals surface area contributed by atoms with Gasteiger partial charge in [-0.25, -0.2) is 8.42 Å². The van der Waals surface area contributed by atoms with Gasteiger partial charge in [-0.05, 0) is 74.2 Å². The number of hydrogen-bond donors (Lipinski definition) is 1. The zero-order valence-electron chi connectivity index (χ0n) is 14.1. The minimum atomic E-state index is -3.26. The highest BCUT2D eigenvalue weighted by atomic mass is 32.2. The lowest BCUT2D eigenvalue weighted by molar-refractivity contribution is 0.102. The van der Waals surface area contributed by atoms with Gasteiger partial charge < -0.3 is 10.1 Å². The van der Waals surface area contributed by atoms with Crippen LogP contribution in [0.25, 0.3) is 0 Å². The molecular weight excluding hydrogens is 338 g/mol. The molecule has 5 nitrogen and oxygen atoms in total. The number of anilines is 1. The number of nitrogens with one attached hydrogen (secondary N) is 1. The topological polar surface area (TPSA) is 72.5 Å². The molecule has 1 aliphatic carbocycles. The van der Waals surface area contributed by atoms with Gasteiger partial charge in [0.1, 0.15) is 5.75 Å². The van der Waals surface area contributed by atoms with E-state index in [9.17, 15) is 13.2 Å². The predicted octanol–water partition coefficient (Wildman–Crippen LogP) is 3.66. The van der Waals surface area contributed by atoms with Crippen molar-refractivity contribution >= 4 is 21.4 Å². The first-order valence-electron chi connectivity index (χ1n) is 8.30. The molecule has 0 aliphatic heterocycles. The van der Waals surface area contributed by atoms with Crippen molar-refractivity contribution < 1.29 is 17.9 Å². The molecule has 0 unspecified atom stereocenters. The Hall–Kier alpha value is -2.34. The summed E-state index contributed by atoms with van der Waals surface area (Å²) < 4.78 is 28.8. The zero-order valence-corrected chi connectivity index (χ0v) is 14.9. The number of hydrogen-bond acceptors (Lipinski definition) is 4. The molecule has 0 radical (unpaired) electrons. The Morgan fingerprint density at radius 3 is 2.16 bits per heavy atom. The molecular formula is C19H21NO4S. The molecule has 1 fully saturated rings. The number of ether oxygens (including phenoxy) is 1. The van der Waals surface area contributed by atoms with Gasteiger partial charge in [0.2, 0.25) is 0 Å². The molecule has 1 aliphatic rings. The van der Waals surface area contributed by atoms with E-state index >= 15 is 0 Å². The van der Waals surface area contributed by atoms with Crippen LogP contribution in [-0.2, 0) is 9.84 Å². The van der Waals surface area contributed by atoms with Gasteiger partial charge in [0.15, 0.2) is 9.84 Å². The lowest BCUT2D eigenvalue weighted by atomic mass is 10.2. The predicted molar refractivity (Wildman–Crippen MR) is 96.8 cm³/mol. The van der Waals surface area contributed by atoms with Crippen molar-refractivity contribution in [3.8, 4) is 5.75 Å². The summed E-state index contributed by atoms with van der Waals surface area (Å²) in [4.78, 5) is 12.4. The van der Waals surface area contributed by atoms with Crippen molar-refractivity contribution in [2.75, 3.05) is 11.6 Å². The highest BCUT2D eigenvalue weighted by Crippen LogP contribution is 2.25. The highest BCUT2D eigenvalue weighted by Gasteiger charge is 2.16. The van der Waals surface area contributed by atoms with Gasteiger partial charge in [0, 0.05) is 17.5 Å². The van der Waals surface area contributed by atoms with Crippen LogP contribution < -0.4 is 10.1 Å². The van der Waals surface area contributed by atoms with Gasteiger partial charge >= 0.3 is 0 Å². The molecule has 25 heavy (non-hydrogen) atoms. The Balaban J connectivity index is 1.62. The molecule has 0 atom stereocenters. The quantitative estimate of drug-likeness (QED) is 0.884. The zero-order chi connectivity index (χ0) is 17.9. The van der Waals surface area contributed by atoms with E-state index in [4.69, 9.17) is 4.74 Å². The number of rotatable bonds is 5. The van der Waals surface area contributed by atoms with Gasteiger partial charge in [-0.3, -0.25) is 4.79 Å². The third-order valence-electron chi connectivity index (χ3n) is 4.26. The maximum Gasteiger partial charge on any atom is 0.255 e. The second-order valence-electron chi connectivity index (χ2n) is 6.30. The highest BCUT2D eigenvalue weighted by molar-refractivity contribution is 7.90. The minimum Gasteiger partial charge on any atom is -0.490 e. The van der Waals surface area contributed by atoms with E-state index in [0.717, 1.165) is 24.8 Å². The Bertz CT molecular complexity index is 836. The molecule has 132 valence electrons. The minimum absolute atomic E-state index is 0.192. The van der Waals surface area contributed by atoms with Crippen LogP contribution in [0.5, 0.6) is 5.75 Å². The fourth-order valence-electron chi connectivity index (χ4n) is 2.87. The lowest BCUT2D eigenvalue weighted by Gasteiger charge is -2.13. The van der Waals surface area contributed by atoms with Gasteiger partial charge in [0.25, 0.3) is 5.91 Å². The third kappa shape index (κ3) is 4.60. The van der Waals surface area contributed by atoms with E-state index in [0.29, 0.717) is 17.4 Å². The second kappa shape index (κ2) is 7.27. The Morgan fingerprint density at radius 2 is 1.60 bits per heavy atom. The first-order valence-corrected chi connectivity index (χ1v) is 10.2. The Labute approximate surface area is 147 Å². The van der Waals surface area contributed by atoms with E-state index in [1.165, 1.54) is 37.1 Å². The van der Waals surface area contributed by atoms with Gasteiger partial charge in [-0.1, -0.05) is 0 Å². The van der Waals surface area contributed by atoms with Crippen molar-refractivity contribution in [2.45, 2.75) is 36.7 Å². The monoisotopic (exact) mass is 359 g/mol. The molecule has 0 aromatic heterocycles. The van der Waals surface area contributed by atoms with Crippen LogP contribution in [0.2, 0.25) is 0 Å². The van der Waals surface area contributed by atoms with Crippen LogP contribution in [0.1, 0.15) is 36.0 Å². The van der Waals surface area contributed by atoms with Crippen LogP contribution in [0.4, 0.5) is 5.69 Å². The normalized spacial score (nSPS) is 15.1. The number of benzene rings is 2. The van der Waals surface area contributed by atoms with E-state index < -0.39 is 9.84 Å². The number of sulfone groups is 1. The van der Waals surface area contributed by atoms with Crippen LogP contribution in [0, 0.1) is 0 Å². The molecule has 6 heteroatoms. The van der Waals surface area contributed by atoms with Crippen molar-refractivity contribution in [3.63, 3.8) is 0 Å². The SMILES string of the molecule is CS(=O)(=O)c1ccc(C(=O)Nc2ccc(OC3CCCC3)cc2)cc1. The molecule has 1 amide bonds. The molecule has 0 saturated heterocycles. The van der Waals surface area contributed by atoms with Crippen LogP contribution in [0.15, 0.2) is 53.4 Å². The average Bonchev–Trinajstić information content (AvgIpc) is 3.09. The van der Waals surface area contributed by atoms with Crippen LogP contribution in [-0.4, -0.2) is 26.7 Å². The first kappa shape index (κ1) is 17.5. The molecule has 2 aromatic rings. The molecule has 1 saturated carbocycles. The molecule has 2 aromatic carbocycles. The number of carbonyl (C=O) groups is 1. The second-order valence-corrected chi connectivity index (χ2v) is 8.32. The summed E-state index contributed by atoms with van der Waals surface area (Å²) in [5.74, 6) is 0.520. The maximum absolute atomic E-state index is 12.2. The maximum atomic E-state index is 12.2. The molecule has 0 spiro atoms. The smallest absolute Gasteiger partial charge is 0.255 e. The molecule has 3 rings (SSSR count). The van der Waals surface area contributed by atoms with Gasteiger partial charge in [-0.15, -0.1) is 0 Å². The lowest BCUT2D eigenvalue weighted by Crippen LogP contribution is -2.13. The molecule has 1 N–H and O–H groups in total. The summed E-state index contributed by atoms with van der Waals surface area (Å²) >= 11 is 0. The summed E-state index contributed by atoms with van der Waals surface area (Å²) in [5, 5.41) is 2.79.